The molecule has 158 valence electrons. The third-order valence-corrected chi connectivity index (χ3v) is 6.68. The highest BCUT2D eigenvalue weighted by Crippen LogP contribution is 2.31. The van der Waals surface area contributed by atoms with Gasteiger partial charge in [0, 0.05) is 50.2 Å². The zero-order valence-electron chi connectivity index (χ0n) is 17.1. The topological polar surface area (TPSA) is 76.5 Å². The van der Waals surface area contributed by atoms with Crippen LogP contribution < -0.4 is 10.9 Å². The highest BCUT2D eigenvalue weighted by molar-refractivity contribution is 5.94. The van der Waals surface area contributed by atoms with Crippen molar-refractivity contribution in [3.63, 3.8) is 0 Å². The summed E-state index contributed by atoms with van der Waals surface area (Å²) in [6.07, 6.45) is 6.40. The van der Waals surface area contributed by atoms with Crippen LogP contribution in [0.15, 0.2) is 41.5 Å². The van der Waals surface area contributed by atoms with E-state index in [1.165, 1.54) is 0 Å². The Labute approximate surface area is 176 Å². The second-order valence-electron chi connectivity index (χ2n) is 8.71. The predicted molar refractivity (Wildman–Crippen MR) is 112 cm³/mol. The molecule has 0 radical (unpaired) electrons. The van der Waals surface area contributed by atoms with Crippen molar-refractivity contribution < 1.29 is 9.53 Å². The molecule has 7 heteroatoms. The van der Waals surface area contributed by atoms with Gasteiger partial charge in [-0.3, -0.25) is 14.6 Å². The van der Waals surface area contributed by atoms with Crippen molar-refractivity contribution in [2.75, 3.05) is 26.2 Å². The van der Waals surface area contributed by atoms with E-state index in [0.29, 0.717) is 43.6 Å². The molecule has 0 aliphatic carbocycles. The maximum absolute atomic E-state index is 13.1. The molecule has 0 spiro atoms. The van der Waals surface area contributed by atoms with Crippen LogP contribution in [0.2, 0.25) is 0 Å². The summed E-state index contributed by atoms with van der Waals surface area (Å²) in [6, 6.07) is 7.64. The van der Waals surface area contributed by atoms with Crippen LogP contribution in [0.1, 0.15) is 46.8 Å². The molecule has 2 aromatic rings. The third-order valence-electron chi connectivity index (χ3n) is 6.68. The van der Waals surface area contributed by atoms with Gasteiger partial charge in [-0.05, 0) is 55.5 Å². The zero-order chi connectivity index (χ0) is 20.5. The highest BCUT2D eigenvalue weighted by atomic mass is 16.5. The van der Waals surface area contributed by atoms with E-state index < -0.39 is 0 Å². The lowest BCUT2D eigenvalue weighted by molar-refractivity contribution is -0.000529. The van der Waals surface area contributed by atoms with E-state index >= 15 is 0 Å². The molecule has 5 heterocycles. The van der Waals surface area contributed by atoms with Crippen molar-refractivity contribution in [1.82, 2.24) is 19.8 Å². The second-order valence-corrected chi connectivity index (χ2v) is 8.71. The lowest BCUT2D eigenvalue weighted by atomic mass is 9.84. The molecule has 2 fully saturated rings. The van der Waals surface area contributed by atoms with Crippen molar-refractivity contribution in [1.29, 1.82) is 0 Å². The van der Waals surface area contributed by atoms with Gasteiger partial charge in [0.1, 0.15) is 5.56 Å². The average Bonchev–Trinajstić information content (AvgIpc) is 2.79. The Morgan fingerprint density at radius 1 is 1.20 bits per heavy atom. The SMILES string of the molecule is O=C(c1ccc2n(c1=O)C[C@@H]1CNC[C@H]2C1)N1CCC(OCc2cccnc2)CC1. The van der Waals surface area contributed by atoms with Crippen LogP contribution in [0.3, 0.4) is 0 Å². The van der Waals surface area contributed by atoms with E-state index in [9.17, 15) is 9.59 Å². The van der Waals surface area contributed by atoms with Crippen LogP contribution in [-0.4, -0.2) is 52.6 Å². The van der Waals surface area contributed by atoms with Crippen LogP contribution in [0.4, 0.5) is 0 Å². The van der Waals surface area contributed by atoms with Crippen LogP contribution in [0.5, 0.6) is 0 Å². The molecule has 2 saturated heterocycles. The number of hydrogen-bond donors (Lipinski definition) is 1. The number of carbonyl (C=O) groups excluding carboxylic acids is 1. The van der Waals surface area contributed by atoms with Crippen molar-refractivity contribution in [2.24, 2.45) is 5.92 Å². The lowest BCUT2D eigenvalue weighted by Gasteiger charge is -2.38. The summed E-state index contributed by atoms with van der Waals surface area (Å²) in [5.41, 5.74) is 2.31. The summed E-state index contributed by atoms with van der Waals surface area (Å²) in [5.74, 6) is 0.712. The Bertz CT molecular complexity index is 966. The molecule has 0 saturated carbocycles. The van der Waals surface area contributed by atoms with E-state index in [-0.39, 0.29) is 17.6 Å². The standard InChI is InChI=1S/C23H28N4O3/c28-22(26-8-5-19(6-9-26)30-15-16-2-1-7-24-11-16)20-3-4-21-18-10-17(12-25-13-18)14-27(21)23(20)29/h1-4,7,11,17-19,25H,5-6,8-10,12-15H2/t17-,18+/m0/s1. The van der Waals surface area contributed by atoms with Gasteiger partial charge < -0.3 is 19.5 Å². The summed E-state index contributed by atoms with van der Waals surface area (Å²) in [5, 5.41) is 3.46. The Morgan fingerprint density at radius 2 is 2.07 bits per heavy atom. The Hall–Kier alpha value is -2.51. The van der Waals surface area contributed by atoms with Crippen LogP contribution in [0.25, 0.3) is 0 Å². The van der Waals surface area contributed by atoms with Crippen LogP contribution in [-0.2, 0) is 17.9 Å². The number of piperidine rings is 2. The fourth-order valence-electron chi connectivity index (χ4n) is 5.05. The molecular weight excluding hydrogens is 380 g/mol. The first-order chi connectivity index (χ1) is 14.7. The number of nitrogens with one attached hydrogen (secondary N) is 1. The van der Waals surface area contributed by atoms with E-state index in [0.717, 1.165) is 43.6 Å². The first-order valence-electron chi connectivity index (χ1n) is 10.9. The number of amides is 1. The molecule has 0 aromatic carbocycles. The largest absolute Gasteiger partial charge is 0.373 e. The van der Waals surface area contributed by atoms with Gasteiger partial charge in [0.25, 0.3) is 11.5 Å². The molecule has 2 aromatic heterocycles. The Morgan fingerprint density at radius 3 is 2.87 bits per heavy atom. The minimum absolute atomic E-state index is 0.121. The summed E-state index contributed by atoms with van der Waals surface area (Å²) in [4.78, 5) is 32.1. The van der Waals surface area contributed by atoms with Gasteiger partial charge in [-0.2, -0.15) is 0 Å². The maximum atomic E-state index is 13.1. The van der Waals surface area contributed by atoms with Gasteiger partial charge in [0.15, 0.2) is 0 Å². The number of hydrogen-bond acceptors (Lipinski definition) is 5. The Balaban J connectivity index is 1.23. The van der Waals surface area contributed by atoms with Crippen molar-refractivity contribution in [3.8, 4) is 0 Å². The number of nitrogens with zero attached hydrogens (tertiary/aromatic N) is 3. The van der Waals surface area contributed by atoms with Crippen molar-refractivity contribution in [2.45, 2.75) is 44.4 Å². The molecule has 1 amide bonds. The number of likely N-dealkylation sites (tertiary alicyclic amines) is 1. The molecule has 30 heavy (non-hydrogen) atoms. The van der Waals surface area contributed by atoms with Crippen molar-refractivity contribution in [3.05, 3.63) is 63.8 Å². The van der Waals surface area contributed by atoms with E-state index in [1.807, 2.05) is 29.0 Å². The van der Waals surface area contributed by atoms with Gasteiger partial charge in [-0.1, -0.05) is 6.07 Å². The van der Waals surface area contributed by atoms with Gasteiger partial charge in [0.05, 0.1) is 12.7 Å². The van der Waals surface area contributed by atoms with Crippen LogP contribution in [0, 0.1) is 5.92 Å². The molecular formula is C23H28N4O3. The summed E-state index contributed by atoms with van der Waals surface area (Å²) in [7, 11) is 0. The maximum Gasteiger partial charge on any atom is 0.263 e. The molecule has 0 unspecified atom stereocenters. The number of aromatic nitrogens is 2. The van der Waals surface area contributed by atoms with Crippen LogP contribution >= 0.6 is 0 Å². The van der Waals surface area contributed by atoms with Gasteiger partial charge in [-0.25, -0.2) is 0 Å². The van der Waals surface area contributed by atoms with E-state index in [2.05, 4.69) is 10.3 Å². The van der Waals surface area contributed by atoms with Gasteiger partial charge >= 0.3 is 0 Å². The summed E-state index contributed by atoms with van der Waals surface area (Å²) < 4.78 is 7.85. The zero-order valence-corrected chi connectivity index (χ0v) is 17.1. The molecule has 1 N–H and O–H groups in total. The minimum atomic E-state index is -0.144. The number of fused-ring (bicyclic) bond motifs is 4. The highest BCUT2D eigenvalue weighted by Gasteiger charge is 2.33. The molecule has 2 bridgehead atoms. The second kappa shape index (κ2) is 8.32. The normalized spacial score (nSPS) is 23.8. The lowest BCUT2D eigenvalue weighted by Crippen LogP contribution is -2.47. The molecule has 3 aliphatic heterocycles. The summed E-state index contributed by atoms with van der Waals surface area (Å²) in [6.45, 7) is 4.35. The quantitative estimate of drug-likeness (QED) is 0.835. The molecule has 3 aliphatic rings. The number of pyridine rings is 2. The van der Waals surface area contributed by atoms with Crippen molar-refractivity contribution >= 4 is 5.91 Å². The summed E-state index contributed by atoms with van der Waals surface area (Å²) >= 11 is 0. The molecule has 5 rings (SSSR count). The number of carbonyl (C=O) groups is 1. The van der Waals surface area contributed by atoms with E-state index in [1.54, 1.807) is 17.2 Å². The Kier molecular flexibility index (Phi) is 5.39. The van der Waals surface area contributed by atoms with E-state index in [4.69, 9.17) is 4.74 Å². The molecule has 7 nitrogen and oxygen atoms in total. The predicted octanol–water partition coefficient (Wildman–Crippen LogP) is 1.77. The fraction of sp³-hybridized carbons (Fsp3) is 0.522. The fourth-order valence-corrected chi connectivity index (χ4v) is 5.05. The minimum Gasteiger partial charge on any atom is -0.373 e. The monoisotopic (exact) mass is 408 g/mol. The third kappa shape index (κ3) is 3.79. The molecule has 2 atom stereocenters. The smallest absolute Gasteiger partial charge is 0.263 e. The van der Waals surface area contributed by atoms with Gasteiger partial charge in [-0.15, -0.1) is 0 Å². The first-order valence-corrected chi connectivity index (χ1v) is 10.9. The number of rotatable bonds is 4. The average molecular weight is 409 g/mol. The van der Waals surface area contributed by atoms with Gasteiger partial charge in [0.2, 0.25) is 0 Å². The number of ether oxygens (including phenoxy) is 1. The first kappa shape index (κ1) is 19.5.